The van der Waals surface area contributed by atoms with Gasteiger partial charge >= 0.3 is 12.3 Å². The number of nitriles is 1. The maximum Gasteiger partial charge on any atom is 0.494 e. The Balaban J connectivity index is 2.92. The second-order valence-electron chi connectivity index (χ2n) is 0.237. The Hall–Kier alpha value is -0.930. The summed E-state index contributed by atoms with van der Waals surface area (Å²) in [6.07, 6.45) is 1.49. The quantitative estimate of drug-likeness (QED) is 0.307. The third-order valence-corrected chi connectivity index (χ3v) is 0.0559. The van der Waals surface area contributed by atoms with Crippen LogP contribution in [0.1, 0.15) is 0 Å². The predicted molar refractivity (Wildman–Crippen MR) is 13.3 cm³/mol. The van der Waals surface area contributed by atoms with E-state index in [1.54, 1.807) is 0 Å². The minimum absolute atomic E-state index is 1.35. The molecule has 0 saturated carbocycles. The summed E-state index contributed by atoms with van der Waals surface area (Å²) in [5.74, 6) is 0. The van der Waals surface area contributed by atoms with Gasteiger partial charge < -0.3 is 0 Å². The van der Waals surface area contributed by atoms with Crippen LogP contribution < -0.4 is 0 Å². The highest BCUT2D eigenvalue weighted by Gasteiger charge is 1.70. The van der Waals surface area contributed by atoms with Crippen molar-refractivity contribution >= 4 is 6.21 Å². The van der Waals surface area contributed by atoms with Gasteiger partial charge in [0, 0.05) is 0 Å². The fraction of sp³-hybridized carbons (Fsp3) is 0. The van der Waals surface area contributed by atoms with E-state index < -0.39 is 0 Å². The summed E-state index contributed by atoms with van der Waals surface area (Å²) in [5.41, 5.74) is 0. The molecule has 0 fully saturated rings. The van der Waals surface area contributed by atoms with E-state index in [0.29, 0.717) is 0 Å². The van der Waals surface area contributed by atoms with Crippen molar-refractivity contribution in [1.29, 1.82) is 10.7 Å². The molecule has 1 N–H and O–H groups in total. The molecule has 18 valence electrons. The van der Waals surface area contributed by atoms with Gasteiger partial charge in [-0.3, -0.25) is 0 Å². The van der Waals surface area contributed by atoms with Gasteiger partial charge in [0.25, 0.3) is 0 Å². The molecule has 0 heterocycles. The van der Waals surface area contributed by atoms with E-state index in [1.165, 1.54) is 12.3 Å². The van der Waals surface area contributed by atoms with Crippen LogP contribution in [0.15, 0.2) is 0 Å². The van der Waals surface area contributed by atoms with Crippen molar-refractivity contribution in [2.45, 2.75) is 0 Å². The monoisotopic (exact) mass is 53.0 g/mol. The van der Waals surface area contributed by atoms with Crippen LogP contribution >= 0.6 is 0 Å². The van der Waals surface area contributed by atoms with Crippen LogP contribution in [0, 0.1) is 16.7 Å². The van der Waals surface area contributed by atoms with E-state index in [9.17, 15) is 0 Å². The lowest BCUT2D eigenvalue weighted by molar-refractivity contribution is 1.52. The molecule has 0 spiro atoms. The van der Waals surface area contributed by atoms with Gasteiger partial charge in [-0.15, -0.1) is 5.26 Å². The molecule has 0 atom stereocenters. The van der Waals surface area contributed by atoms with E-state index >= 15 is 0 Å². The molecular weight excluding hydrogens is 52.0 g/mol. The lowest BCUT2D eigenvalue weighted by Crippen LogP contribution is -1.43. The Kier molecular flexibility index (Phi) is 1.59. The minimum atomic E-state index is 1.35. The van der Waals surface area contributed by atoms with E-state index in [-0.39, 0.29) is 0 Å². The summed E-state index contributed by atoms with van der Waals surface area (Å²) in [7, 11) is 0. The Morgan fingerprint density at radius 2 is 2.25 bits per heavy atom. The number of nitrogens with one attached hydrogen (secondary N) is 1. The molecule has 0 aromatic carbocycles. The van der Waals surface area contributed by atoms with Crippen LogP contribution in [0.2, 0.25) is 0 Å². The zero-order valence-electron chi connectivity index (χ0n) is 1.95. The van der Waals surface area contributed by atoms with Crippen molar-refractivity contribution in [2.24, 2.45) is 0 Å². The molecule has 0 rings (SSSR count). The molecule has 0 aromatic heterocycles. The van der Waals surface area contributed by atoms with Crippen molar-refractivity contribution in [3.05, 3.63) is 0 Å². The first-order chi connectivity index (χ1) is 1.91. The van der Waals surface area contributed by atoms with Gasteiger partial charge in [0.2, 0.25) is 0 Å². The fourth-order valence-corrected chi connectivity index (χ4v) is 0. The molecule has 0 unspecified atom stereocenters. The fourth-order valence-electron chi connectivity index (χ4n) is 0. The number of hydrogen-bond acceptors (Lipinski definition) is 2. The maximum absolute atomic E-state index is 7.33. The summed E-state index contributed by atoms with van der Waals surface area (Å²) in [6.45, 7) is 0. The van der Waals surface area contributed by atoms with Crippen molar-refractivity contribution in [2.75, 3.05) is 0 Å². The maximum atomic E-state index is 7.33. The third-order valence-electron chi connectivity index (χ3n) is 0.0559. The van der Waals surface area contributed by atoms with Crippen molar-refractivity contribution in [3.8, 4) is 6.07 Å². The van der Waals surface area contributed by atoms with E-state index in [2.05, 4.69) is 0 Å². The molecular formula is C2HN2+. The van der Waals surface area contributed by atoms with Gasteiger partial charge in [0.1, 0.15) is 0 Å². The van der Waals surface area contributed by atoms with Crippen LogP contribution in [-0.2, 0) is 0 Å². The predicted octanol–water partition coefficient (Wildman–Crippen LogP) is 0.0366. The molecule has 2 heteroatoms. The Morgan fingerprint density at radius 1 is 2.00 bits per heavy atom. The smallest absolute Gasteiger partial charge is 0.128 e. The van der Waals surface area contributed by atoms with Crippen molar-refractivity contribution < 1.29 is 0 Å². The van der Waals surface area contributed by atoms with Gasteiger partial charge in [0.05, 0.1) is 0 Å². The summed E-state index contributed by atoms with van der Waals surface area (Å²) >= 11 is 0. The Bertz CT molecular complexity index is 49.5. The van der Waals surface area contributed by atoms with Crippen LogP contribution in [0.25, 0.3) is 0 Å². The van der Waals surface area contributed by atoms with Crippen molar-refractivity contribution in [1.82, 2.24) is 0 Å². The molecule has 0 saturated heterocycles. The highest BCUT2D eigenvalue weighted by Crippen LogP contribution is 1.22. The van der Waals surface area contributed by atoms with Gasteiger partial charge in [-0.2, -0.15) is 0 Å². The summed E-state index contributed by atoms with van der Waals surface area (Å²) in [4.78, 5) is 0. The molecule has 4 heavy (non-hydrogen) atoms. The van der Waals surface area contributed by atoms with Crippen LogP contribution in [0.3, 0.4) is 0 Å². The van der Waals surface area contributed by atoms with Gasteiger partial charge in [0.15, 0.2) is 0 Å². The van der Waals surface area contributed by atoms with Crippen LogP contribution in [0.5, 0.6) is 0 Å². The van der Waals surface area contributed by atoms with Gasteiger partial charge in [-0.05, 0) is 5.41 Å². The Morgan fingerprint density at radius 3 is 2.25 bits per heavy atom. The molecule has 0 amide bonds. The zero-order valence-corrected chi connectivity index (χ0v) is 1.95. The van der Waals surface area contributed by atoms with E-state index in [1.807, 2.05) is 0 Å². The SMILES string of the molecule is N#C[C+]=N. The highest BCUT2D eigenvalue weighted by atomic mass is 14.3. The zero-order chi connectivity index (χ0) is 3.41. The molecule has 0 aliphatic carbocycles. The standard InChI is InChI=1S/C2HN2/c3-1-2-4/h3H/q+1. The minimum Gasteiger partial charge on any atom is -0.128 e. The molecule has 0 aliphatic rings. The van der Waals surface area contributed by atoms with E-state index in [0.717, 1.165) is 0 Å². The second kappa shape index (κ2) is 2.07. The van der Waals surface area contributed by atoms with Gasteiger partial charge in [-0.1, -0.05) is 0 Å². The summed E-state index contributed by atoms with van der Waals surface area (Å²) < 4.78 is 0. The molecule has 0 aliphatic heterocycles. The molecule has 2 nitrogen and oxygen atoms in total. The van der Waals surface area contributed by atoms with Crippen molar-refractivity contribution in [3.63, 3.8) is 0 Å². The number of nitrogens with zero attached hydrogens (tertiary/aromatic N) is 1. The highest BCUT2D eigenvalue weighted by molar-refractivity contribution is 5.71. The lowest BCUT2D eigenvalue weighted by atomic mass is 10.9. The second-order valence-corrected chi connectivity index (χ2v) is 0.237. The number of rotatable bonds is 0. The average molecular weight is 53.0 g/mol. The first-order valence-corrected chi connectivity index (χ1v) is 0.724. The lowest BCUT2D eigenvalue weighted by Gasteiger charge is -0.997. The molecule has 0 bridgehead atoms. The van der Waals surface area contributed by atoms with Crippen LogP contribution in [0.4, 0.5) is 0 Å². The summed E-state index contributed by atoms with van der Waals surface area (Å²) in [5, 5.41) is 13.2. The first kappa shape index (κ1) is 3.07. The average Bonchev–Trinajstić information content (AvgIpc) is 1.37. The topological polar surface area (TPSA) is 47.6 Å². The normalized spacial score (nSPS) is 2.75. The van der Waals surface area contributed by atoms with Crippen LogP contribution in [-0.4, -0.2) is 6.21 Å². The molecule has 0 radical (unpaired) electrons. The molecule has 0 aromatic rings. The Labute approximate surface area is 24.2 Å². The number of hydrogen-bond donors (Lipinski definition) is 1. The van der Waals surface area contributed by atoms with Gasteiger partial charge in [-0.25, -0.2) is 0 Å². The summed E-state index contributed by atoms with van der Waals surface area (Å²) in [6, 6.07) is 1.35. The van der Waals surface area contributed by atoms with E-state index in [4.69, 9.17) is 10.7 Å². The largest absolute Gasteiger partial charge is 0.494 e. The third kappa shape index (κ3) is 1.07. The first-order valence-electron chi connectivity index (χ1n) is 0.724.